The molecule has 0 radical (unpaired) electrons. The molecule has 1 aromatic carbocycles. The van der Waals surface area contributed by atoms with E-state index in [1.807, 2.05) is 0 Å². The van der Waals surface area contributed by atoms with Crippen molar-refractivity contribution in [3.05, 3.63) is 35.4 Å². The van der Waals surface area contributed by atoms with Gasteiger partial charge >= 0.3 is 0 Å². The number of piperidine rings is 1. The molecular weight excluding hydrogens is 210 g/mol. The molecular formula is C15H23NO. The maximum atomic E-state index is 9.87. The highest BCUT2D eigenvalue weighted by Crippen LogP contribution is 2.21. The van der Waals surface area contributed by atoms with Gasteiger partial charge in [-0.15, -0.1) is 0 Å². The summed E-state index contributed by atoms with van der Waals surface area (Å²) in [5, 5.41) is 9.87. The van der Waals surface area contributed by atoms with Gasteiger partial charge in [0.05, 0.1) is 6.10 Å². The molecule has 2 unspecified atom stereocenters. The minimum absolute atomic E-state index is 0.0891. The molecule has 0 aliphatic carbocycles. The van der Waals surface area contributed by atoms with Crippen LogP contribution >= 0.6 is 0 Å². The van der Waals surface area contributed by atoms with E-state index in [0.29, 0.717) is 5.92 Å². The second-order valence-electron chi connectivity index (χ2n) is 5.25. The quantitative estimate of drug-likeness (QED) is 0.867. The fourth-order valence-electron chi connectivity index (χ4n) is 2.71. The van der Waals surface area contributed by atoms with Gasteiger partial charge in [-0.1, -0.05) is 36.8 Å². The van der Waals surface area contributed by atoms with Crippen LogP contribution < -0.4 is 0 Å². The Bertz CT molecular complexity index is 364. The Balaban J connectivity index is 1.95. The van der Waals surface area contributed by atoms with Crippen molar-refractivity contribution < 1.29 is 5.11 Å². The van der Waals surface area contributed by atoms with Crippen molar-refractivity contribution in [3.63, 3.8) is 0 Å². The molecule has 1 N–H and O–H groups in total. The molecule has 1 aliphatic rings. The van der Waals surface area contributed by atoms with Crippen molar-refractivity contribution in [1.82, 2.24) is 4.90 Å². The van der Waals surface area contributed by atoms with Crippen LogP contribution in [0.5, 0.6) is 0 Å². The molecule has 0 amide bonds. The molecule has 94 valence electrons. The van der Waals surface area contributed by atoms with Crippen LogP contribution in [0, 0.1) is 12.8 Å². The SMILES string of the molecule is CCC1CN(Cc2cccc(C)c2)CCC1O. The van der Waals surface area contributed by atoms with E-state index < -0.39 is 0 Å². The Labute approximate surface area is 104 Å². The zero-order chi connectivity index (χ0) is 12.3. The van der Waals surface area contributed by atoms with E-state index in [0.717, 1.165) is 32.5 Å². The average Bonchev–Trinajstić information content (AvgIpc) is 2.32. The summed E-state index contributed by atoms with van der Waals surface area (Å²) in [6.07, 6.45) is 1.91. The average molecular weight is 233 g/mol. The first-order chi connectivity index (χ1) is 8.19. The molecule has 17 heavy (non-hydrogen) atoms. The van der Waals surface area contributed by atoms with E-state index in [2.05, 4.69) is 43.0 Å². The van der Waals surface area contributed by atoms with Gasteiger partial charge in [0.25, 0.3) is 0 Å². The summed E-state index contributed by atoms with van der Waals surface area (Å²) in [6.45, 7) is 7.38. The lowest BCUT2D eigenvalue weighted by atomic mass is 9.92. The topological polar surface area (TPSA) is 23.5 Å². The molecule has 2 nitrogen and oxygen atoms in total. The summed E-state index contributed by atoms with van der Waals surface area (Å²) in [5.41, 5.74) is 2.71. The largest absolute Gasteiger partial charge is 0.393 e. The van der Waals surface area contributed by atoms with Gasteiger partial charge in [-0.25, -0.2) is 0 Å². The van der Waals surface area contributed by atoms with Crippen molar-refractivity contribution in [2.45, 2.75) is 39.3 Å². The number of hydrogen-bond donors (Lipinski definition) is 1. The first-order valence-corrected chi connectivity index (χ1v) is 6.65. The molecule has 2 rings (SSSR count). The van der Waals surface area contributed by atoms with Crippen LogP contribution in [0.4, 0.5) is 0 Å². The zero-order valence-electron chi connectivity index (χ0n) is 10.9. The number of aliphatic hydroxyl groups is 1. The molecule has 1 heterocycles. The molecule has 1 aliphatic heterocycles. The molecule has 0 spiro atoms. The Morgan fingerprint density at radius 3 is 2.94 bits per heavy atom. The lowest BCUT2D eigenvalue weighted by Gasteiger charge is -2.35. The van der Waals surface area contributed by atoms with Gasteiger partial charge in [0, 0.05) is 19.6 Å². The number of likely N-dealkylation sites (tertiary alicyclic amines) is 1. The minimum atomic E-state index is -0.0891. The second-order valence-corrected chi connectivity index (χ2v) is 5.25. The maximum absolute atomic E-state index is 9.87. The summed E-state index contributed by atoms with van der Waals surface area (Å²) in [4.78, 5) is 2.47. The Morgan fingerprint density at radius 1 is 1.41 bits per heavy atom. The van der Waals surface area contributed by atoms with Gasteiger partial charge in [-0.05, 0) is 31.2 Å². The smallest absolute Gasteiger partial charge is 0.0592 e. The third-order valence-electron chi connectivity index (χ3n) is 3.79. The highest BCUT2D eigenvalue weighted by molar-refractivity contribution is 5.22. The van der Waals surface area contributed by atoms with Crippen molar-refractivity contribution in [2.24, 2.45) is 5.92 Å². The Morgan fingerprint density at radius 2 is 2.24 bits per heavy atom. The van der Waals surface area contributed by atoms with E-state index in [9.17, 15) is 5.11 Å². The molecule has 2 atom stereocenters. The lowest BCUT2D eigenvalue weighted by molar-refractivity contribution is 0.0222. The third kappa shape index (κ3) is 3.30. The van der Waals surface area contributed by atoms with Gasteiger partial charge in [0.1, 0.15) is 0 Å². The third-order valence-corrected chi connectivity index (χ3v) is 3.79. The highest BCUT2D eigenvalue weighted by atomic mass is 16.3. The second kappa shape index (κ2) is 5.65. The number of aryl methyl sites for hydroxylation is 1. The summed E-state index contributed by atoms with van der Waals surface area (Å²) >= 11 is 0. The van der Waals surface area contributed by atoms with Crippen LogP contribution in [0.1, 0.15) is 30.9 Å². The van der Waals surface area contributed by atoms with Crippen molar-refractivity contribution in [3.8, 4) is 0 Å². The first kappa shape index (κ1) is 12.6. The molecule has 0 bridgehead atoms. The monoisotopic (exact) mass is 233 g/mol. The minimum Gasteiger partial charge on any atom is -0.393 e. The lowest BCUT2D eigenvalue weighted by Crippen LogP contribution is -2.42. The summed E-state index contributed by atoms with van der Waals surface area (Å²) in [7, 11) is 0. The van der Waals surface area contributed by atoms with Crippen molar-refractivity contribution in [1.29, 1.82) is 0 Å². The van der Waals surface area contributed by atoms with E-state index in [-0.39, 0.29) is 6.10 Å². The van der Waals surface area contributed by atoms with Crippen molar-refractivity contribution in [2.75, 3.05) is 13.1 Å². The van der Waals surface area contributed by atoms with Gasteiger partial charge in [0.2, 0.25) is 0 Å². The molecule has 1 saturated heterocycles. The predicted molar refractivity (Wildman–Crippen MR) is 70.9 cm³/mol. The summed E-state index contributed by atoms with van der Waals surface area (Å²) < 4.78 is 0. The molecule has 1 fully saturated rings. The van der Waals surface area contributed by atoms with Crippen LogP contribution in [-0.2, 0) is 6.54 Å². The summed E-state index contributed by atoms with van der Waals surface area (Å²) in [5.74, 6) is 0.452. The van der Waals surface area contributed by atoms with Crippen LogP contribution in [0.15, 0.2) is 24.3 Å². The van der Waals surface area contributed by atoms with E-state index in [1.165, 1.54) is 11.1 Å². The highest BCUT2D eigenvalue weighted by Gasteiger charge is 2.25. The number of hydrogen-bond acceptors (Lipinski definition) is 2. The Kier molecular flexibility index (Phi) is 4.19. The number of nitrogens with zero attached hydrogens (tertiary/aromatic N) is 1. The Hall–Kier alpha value is -0.860. The van der Waals surface area contributed by atoms with Crippen LogP contribution in [0.2, 0.25) is 0 Å². The molecule has 1 aromatic rings. The van der Waals surface area contributed by atoms with Crippen molar-refractivity contribution >= 4 is 0 Å². The van der Waals surface area contributed by atoms with Crippen LogP contribution in [-0.4, -0.2) is 29.2 Å². The first-order valence-electron chi connectivity index (χ1n) is 6.65. The van der Waals surface area contributed by atoms with E-state index >= 15 is 0 Å². The summed E-state index contributed by atoms with van der Waals surface area (Å²) in [6, 6.07) is 8.71. The van der Waals surface area contributed by atoms with E-state index in [1.54, 1.807) is 0 Å². The standard InChI is InChI=1S/C15H23NO/c1-3-14-11-16(8-7-15(14)17)10-13-6-4-5-12(2)9-13/h4-6,9,14-15,17H,3,7-8,10-11H2,1-2H3. The maximum Gasteiger partial charge on any atom is 0.0592 e. The van der Waals surface area contributed by atoms with Gasteiger partial charge in [0.15, 0.2) is 0 Å². The normalized spacial score (nSPS) is 26.1. The van der Waals surface area contributed by atoms with Crippen LogP contribution in [0.3, 0.4) is 0 Å². The fraction of sp³-hybridized carbons (Fsp3) is 0.600. The van der Waals surface area contributed by atoms with Gasteiger partial charge in [-0.3, -0.25) is 4.90 Å². The fourth-order valence-corrected chi connectivity index (χ4v) is 2.71. The van der Waals surface area contributed by atoms with E-state index in [4.69, 9.17) is 0 Å². The number of rotatable bonds is 3. The van der Waals surface area contributed by atoms with Gasteiger partial charge in [-0.2, -0.15) is 0 Å². The van der Waals surface area contributed by atoms with Crippen LogP contribution in [0.25, 0.3) is 0 Å². The van der Waals surface area contributed by atoms with Gasteiger partial charge < -0.3 is 5.11 Å². The molecule has 2 heteroatoms. The number of benzene rings is 1. The molecule has 0 saturated carbocycles. The zero-order valence-corrected chi connectivity index (χ0v) is 10.9. The predicted octanol–water partition coefficient (Wildman–Crippen LogP) is 2.59. The molecule has 0 aromatic heterocycles. The number of aliphatic hydroxyl groups excluding tert-OH is 1.